The molecule has 1 unspecified atom stereocenters. The monoisotopic (exact) mass is 364 g/mol. The molecule has 0 saturated heterocycles. The third kappa shape index (κ3) is 3.41. The van der Waals surface area contributed by atoms with Crippen LogP contribution in [0.15, 0.2) is 12.1 Å². The fourth-order valence-corrected chi connectivity index (χ4v) is 4.21. The van der Waals surface area contributed by atoms with Crippen molar-refractivity contribution in [1.82, 2.24) is 0 Å². The minimum Gasteiger partial charge on any atom is -0.508 e. The number of benzene rings is 1. The molecule has 0 aromatic heterocycles. The maximum Gasteiger partial charge on any atom is 0.313 e. The van der Waals surface area contributed by atoms with E-state index in [2.05, 4.69) is 0 Å². The van der Waals surface area contributed by atoms with Gasteiger partial charge >= 0.3 is 5.97 Å². The number of aliphatic carboxylic acids is 1. The van der Waals surface area contributed by atoms with Gasteiger partial charge in [-0.05, 0) is 64.7 Å². The van der Waals surface area contributed by atoms with Crippen molar-refractivity contribution in [1.29, 1.82) is 0 Å². The number of ether oxygens (including phenoxy) is 1. The first kappa shape index (κ1) is 20.6. The zero-order chi connectivity index (χ0) is 19.9. The van der Waals surface area contributed by atoms with Crippen molar-refractivity contribution in [3.63, 3.8) is 0 Å². The molecule has 0 spiro atoms. The number of phenols is 1. The fourth-order valence-electron chi connectivity index (χ4n) is 4.21. The Balaban J connectivity index is 0.00000117. The van der Waals surface area contributed by atoms with E-state index in [1.165, 1.54) is 6.07 Å². The van der Waals surface area contributed by atoms with E-state index in [1.807, 2.05) is 27.7 Å². The molecular formula is C21H32O5. The summed E-state index contributed by atoms with van der Waals surface area (Å²) in [6, 6.07) is 3.27. The van der Waals surface area contributed by atoms with Crippen molar-refractivity contribution in [2.24, 2.45) is 5.92 Å². The molecule has 1 heterocycles. The van der Waals surface area contributed by atoms with E-state index in [0.717, 1.165) is 12.8 Å². The van der Waals surface area contributed by atoms with Crippen LogP contribution < -0.4 is 4.74 Å². The van der Waals surface area contributed by atoms with Gasteiger partial charge in [0.15, 0.2) is 0 Å². The molecule has 1 aromatic rings. The Morgan fingerprint density at radius 1 is 1.23 bits per heavy atom. The lowest BCUT2D eigenvalue weighted by molar-refractivity contribution is -0.142. The largest absolute Gasteiger partial charge is 0.508 e. The molecule has 146 valence electrons. The fraction of sp³-hybridized carbons (Fsp3) is 0.667. The van der Waals surface area contributed by atoms with Gasteiger partial charge < -0.3 is 20.1 Å². The Labute approximate surface area is 156 Å². The first-order valence-corrected chi connectivity index (χ1v) is 9.52. The van der Waals surface area contributed by atoms with E-state index in [9.17, 15) is 20.1 Å². The second kappa shape index (κ2) is 7.10. The lowest BCUT2D eigenvalue weighted by Crippen LogP contribution is -2.47. The summed E-state index contributed by atoms with van der Waals surface area (Å²) in [6.07, 6.45) is 1.82. The van der Waals surface area contributed by atoms with Crippen molar-refractivity contribution >= 4 is 5.97 Å². The summed E-state index contributed by atoms with van der Waals surface area (Å²) >= 11 is 0. The number of hydrogen-bond donors (Lipinski definition) is 3. The van der Waals surface area contributed by atoms with Crippen LogP contribution in [0.4, 0.5) is 0 Å². The Kier molecular flexibility index (Phi) is 5.62. The minimum absolute atomic E-state index is 0.0227. The normalized spacial score (nSPS) is 26.5. The first-order valence-electron chi connectivity index (χ1n) is 9.52. The van der Waals surface area contributed by atoms with Gasteiger partial charge in [-0.1, -0.05) is 13.8 Å². The molecule has 3 atom stereocenters. The predicted molar refractivity (Wildman–Crippen MR) is 101 cm³/mol. The minimum atomic E-state index is -1.12. The van der Waals surface area contributed by atoms with Gasteiger partial charge in [0.05, 0.1) is 11.5 Å². The van der Waals surface area contributed by atoms with Crippen molar-refractivity contribution in [3.05, 3.63) is 23.3 Å². The zero-order valence-corrected chi connectivity index (χ0v) is 16.7. The Morgan fingerprint density at radius 2 is 1.85 bits per heavy atom. The van der Waals surface area contributed by atoms with Gasteiger partial charge in [0.2, 0.25) is 0 Å². The number of hydrogen-bond acceptors (Lipinski definition) is 4. The van der Waals surface area contributed by atoms with E-state index >= 15 is 0 Å². The molecule has 1 fully saturated rings. The van der Waals surface area contributed by atoms with Gasteiger partial charge in [0.1, 0.15) is 17.1 Å². The molecule has 26 heavy (non-hydrogen) atoms. The van der Waals surface area contributed by atoms with E-state index < -0.39 is 17.0 Å². The highest BCUT2D eigenvalue weighted by Gasteiger charge is 2.48. The molecule has 2 aliphatic rings. The van der Waals surface area contributed by atoms with E-state index in [0.29, 0.717) is 23.3 Å². The molecule has 1 aromatic carbocycles. The highest BCUT2D eigenvalue weighted by molar-refractivity contribution is 5.81. The van der Waals surface area contributed by atoms with Crippen LogP contribution in [0.3, 0.4) is 0 Å². The second-order valence-electron chi connectivity index (χ2n) is 8.22. The van der Waals surface area contributed by atoms with Crippen molar-refractivity contribution < 1.29 is 24.9 Å². The van der Waals surface area contributed by atoms with Crippen molar-refractivity contribution in [2.45, 2.75) is 83.8 Å². The molecule has 3 rings (SSSR count). The topological polar surface area (TPSA) is 87.0 Å². The highest BCUT2D eigenvalue weighted by atomic mass is 16.5. The molecular weight excluding hydrogens is 332 g/mol. The smallest absolute Gasteiger partial charge is 0.313 e. The van der Waals surface area contributed by atoms with Gasteiger partial charge in [-0.3, -0.25) is 4.79 Å². The lowest BCUT2D eigenvalue weighted by atomic mass is 9.65. The number of aromatic hydroxyl groups is 1. The Morgan fingerprint density at radius 3 is 2.42 bits per heavy atom. The molecule has 1 aliphatic heterocycles. The number of carboxylic acids is 1. The Bertz CT molecular complexity index is 677. The molecule has 1 aliphatic carbocycles. The average molecular weight is 364 g/mol. The van der Waals surface area contributed by atoms with Gasteiger partial charge in [-0.25, -0.2) is 0 Å². The van der Waals surface area contributed by atoms with E-state index in [-0.39, 0.29) is 23.7 Å². The van der Waals surface area contributed by atoms with Crippen molar-refractivity contribution in [2.75, 3.05) is 0 Å². The molecule has 5 heteroatoms. The summed E-state index contributed by atoms with van der Waals surface area (Å²) in [7, 11) is 0. The van der Waals surface area contributed by atoms with Crippen LogP contribution in [0.1, 0.15) is 77.8 Å². The molecule has 0 amide bonds. The summed E-state index contributed by atoms with van der Waals surface area (Å²) in [5.41, 5.74) is -0.320. The van der Waals surface area contributed by atoms with Crippen molar-refractivity contribution in [3.8, 4) is 11.5 Å². The molecule has 1 saturated carbocycles. The molecule has 0 radical (unpaired) electrons. The van der Waals surface area contributed by atoms with E-state index in [4.69, 9.17) is 4.74 Å². The van der Waals surface area contributed by atoms with Crippen LogP contribution in [0.25, 0.3) is 0 Å². The first-order chi connectivity index (χ1) is 12.0. The third-order valence-electron chi connectivity index (χ3n) is 5.84. The number of aliphatic hydroxyl groups excluding tert-OH is 1. The number of carbonyl (C=O) groups is 1. The number of fused-ring (bicyclic) bond motifs is 3. The maximum atomic E-state index is 11.5. The van der Waals surface area contributed by atoms with Gasteiger partial charge in [0, 0.05) is 17.4 Å². The van der Waals surface area contributed by atoms with Crippen LogP contribution in [0, 0.1) is 5.92 Å². The standard InChI is InChI=1S/C19H26O5.C2H6/c1-18(2,17(22)23)10-7-14(21)16-12-9-11(20)5-6-13(12)19(3,4)24-15(16)8-10;1-2/h7-8,11-13,20-21H,5-6,9H2,1-4H3,(H,22,23);1-2H3/t11-,12?,13+;/m0./s1. The third-order valence-corrected chi connectivity index (χ3v) is 5.84. The summed E-state index contributed by atoms with van der Waals surface area (Å²) in [5, 5.41) is 30.2. The number of carboxylic acid groups (broad SMARTS) is 1. The number of rotatable bonds is 2. The SMILES string of the molecule is CC.CC(C)(C(=O)O)c1cc(O)c2c(c1)OC(C)(C)[C@@H]1CC[C@H](O)CC21. The summed E-state index contributed by atoms with van der Waals surface area (Å²) in [4.78, 5) is 11.5. The van der Waals surface area contributed by atoms with Gasteiger partial charge in [-0.2, -0.15) is 0 Å². The number of phenolic OH excluding ortho intramolecular Hbond substituents is 1. The summed E-state index contributed by atoms with van der Waals surface area (Å²) in [5.74, 6) is -0.105. The zero-order valence-electron chi connectivity index (χ0n) is 16.7. The van der Waals surface area contributed by atoms with Crippen LogP contribution in [0.5, 0.6) is 11.5 Å². The highest BCUT2D eigenvalue weighted by Crippen LogP contribution is 2.54. The van der Waals surface area contributed by atoms with Gasteiger partial charge in [-0.15, -0.1) is 0 Å². The van der Waals surface area contributed by atoms with E-state index in [1.54, 1.807) is 19.9 Å². The molecule has 3 N–H and O–H groups in total. The molecule has 0 bridgehead atoms. The summed E-state index contributed by atoms with van der Waals surface area (Å²) < 4.78 is 6.19. The quantitative estimate of drug-likeness (QED) is 0.732. The molecule has 5 nitrogen and oxygen atoms in total. The van der Waals surface area contributed by atoms with Crippen LogP contribution in [0.2, 0.25) is 0 Å². The maximum absolute atomic E-state index is 11.5. The van der Waals surface area contributed by atoms with Crippen LogP contribution >= 0.6 is 0 Å². The summed E-state index contributed by atoms with van der Waals surface area (Å²) in [6.45, 7) is 11.3. The number of aliphatic hydroxyl groups is 1. The van der Waals surface area contributed by atoms with Gasteiger partial charge in [0.25, 0.3) is 0 Å². The Hall–Kier alpha value is -1.75. The predicted octanol–water partition coefficient (Wildman–Crippen LogP) is 4.20. The average Bonchev–Trinajstić information content (AvgIpc) is 2.55. The van der Waals surface area contributed by atoms with Crippen LogP contribution in [-0.2, 0) is 10.2 Å². The lowest BCUT2D eigenvalue weighted by Gasteiger charge is -2.48. The van der Waals surface area contributed by atoms with Crippen LogP contribution in [-0.4, -0.2) is 33.0 Å². The second-order valence-corrected chi connectivity index (χ2v) is 8.22.